The first-order chi connectivity index (χ1) is 11.1. The maximum atomic E-state index is 9.15. The van der Waals surface area contributed by atoms with Crippen molar-refractivity contribution in [3.63, 3.8) is 0 Å². The maximum Gasteiger partial charge on any atom is 0.216 e. The molecule has 0 spiro atoms. The van der Waals surface area contributed by atoms with E-state index in [9.17, 15) is 0 Å². The summed E-state index contributed by atoms with van der Waals surface area (Å²) in [6.45, 7) is 4.24. The van der Waals surface area contributed by atoms with Gasteiger partial charge < -0.3 is 9.88 Å². The first-order valence-corrected chi connectivity index (χ1v) is 7.17. The Hall–Kier alpha value is -3.21. The van der Waals surface area contributed by atoms with E-state index < -0.39 is 0 Å². The van der Waals surface area contributed by atoms with Crippen molar-refractivity contribution in [1.82, 2.24) is 30.2 Å². The van der Waals surface area contributed by atoms with Crippen molar-refractivity contribution < 1.29 is 0 Å². The lowest BCUT2D eigenvalue weighted by Crippen LogP contribution is -1.99. The van der Waals surface area contributed by atoms with Crippen molar-refractivity contribution in [2.45, 2.75) is 19.8 Å². The molecule has 1 aromatic carbocycles. The Kier molecular flexibility index (Phi) is 3.76. The summed E-state index contributed by atoms with van der Waals surface area (Å²) in [5, 5.41) is 25.6. The average molecular weight is 308 g/mol. The highest BCUT2D eigenvalue weighted by Crippen LogP contribution is 2.23. The van der Waals surface area contributed by atoms with E-state index in [0.717, 1.165) is 22.5 Å². The first kappa shape index (κ1) is 14.7. The molecule has 2 N–H and O–H groups in total. The lowest BCUT2D eigenvalue weighted by molar-refractivity contribution is 0.722. The van der Waals surface area contributed by atoms with Crippen LogP contribution in [0.4, 0.5) is 5.69 Å². The van der Waals surface area contributed by atoms with Crippen molar-refractivity contribution in [3.05, 3.63) is 36.0 Å². The molecule has 2 heterocycles. The first-order valence-electron chi connectivity index (χ1n) is 7.17. The number of anilines is 1. The Balaban J connectivity index is 1.91. The van der Waals surface area contributed by atoms with Gasteiger partial charge in [-0.05, 0) is 23.4 Å². The number of aromatic nitrogens is 6. The summed E-state index contributed by atoms with van der Waals surface area (Å²) in [5.41, 5.74) is 3.11. The second-order valence-electron chi connectivity index (χ2n) is 5.44. The van der Waals surface area contributed by atoms with Crippen molar-refractivity contribution in [2.75, 3.05) is 5.32 Å². The van der Waals surface area contributed by atoms with Gasteiger partial charge in [-0.3, -0.25) is 0 Å². The second-order valence-corrected chi connectivity index (χ2v) is 5.44. The molecule has 0 saturated carbocycles. The van der Waals surface area contributed by atoms with Crippen LogP contribution in [0.1, 0.15) is 31.4 Å². The van der Waals surface area contributed by atoms with Gasteiger partial charge in [0.1, 0.15) is 17.5 Å². The summed E-state index contributed by atoms with van der Waals surface area (Å²) >= 11 is 0. The van der Waals surface area contributed by atoms with Crippen LogP contribution in [0.2, 0.25) is 0 Å². The number of rotatable bonds is 4. The quantitative estimate of drug-likeness (QED) is 0.715. The molecule has 3 rings (SSSR count). The Morgan fingerprint density at radius 2 is 2.26 bits per heavy atom. The van der Waals surface area contributed by atoms with E-state index in [4.69, 9.17) is 5.26 Å². The molecule has 8 nitrogen and oxygen atoms in total. The summed E-state index contributed by atoms with van der Waals surface area (Å²) < 4.78 is 2.10. The summed E-state index contributed by atoms with van der Waals surface area (Å²) in [6.07, 6.45) is 1.55. The number of fused-ring (bicyclic) bond motifs is 1. The van der Waals surface area contributed by atoms with Gasteiger partial charge in [0.15, 0.2) is 0 Å². The molecule has 0 aliphatic rings. The number of nitrogens with zero attached hydrogens (tertiary/aromatic N) is 6. The minimum atomic E-state index is 0.251. The smallest absolute Gasteiger partial charge is 0.216 e. The van der Waals surface area contributed by atoms with Crippen LogP contribution < -0.4 is 5.32 Å². The summed E-state index contributed by atoms with van der Waals surface area (Å²) in [6, 6.07) is 7.93. The van der Waals surface area contributed by atoms with Gasteiger partial charge in [0.2, 0.25) is 5.82 Å². The lowest BCUT2D eigenvalue weighted by atomic mass is 10.2. The highest BCUT2D eigenvalue weighted by molar-refractivity contribution is 5.81. The molecule has 0 atom stereocenters. The number of allylic oxidation sites excluding steroid dienone is 1. The van der Waals surface area contributed by atoms with E-state index in [2.05, 4.69) is 49.3 Å². The molecule has 0 fully saturated rings. The SMILES string of the molecule is CC(C)c1nc2cc(NC=C(C#N)c3nn[nH]n3)ccc2n1C. The minimum absolute atomic E-state index is 0.251. The van der Waals surface area contributed by atoms with Gasteiger partial charge in [-0.1, -0.05) is 13.8 Å². The fraction of sp³-hybridized carbons (Fsp3) is 0.267. The van der Waals surface area contributed by atoms with Crippen LogP contribution in [-0.4, -0.2) is 30.2 Å². The van der Waals surface area contributed by atoms with Gasteiger partial charge in [0.05, 0.1) is 11.0 Å². The number of benzene rings is 1. The molecule has 0 bridgehead atoms. The number of imidazole rings is 1. The molecule has 2 aromatic heterocycles. The third-order valence-corrected chi connectivity index (χ3v) is 3.52. The number of hydrogen-bond acceptors (Lipinski definition) is 6. The molecule has 0 radical (unpaired) electrons. The monoisotopic (exact) mass is 308 g/mol. The number of aromatic amines is 1. The topological polar surface area (TPSA) is 108 Å². The van der Waals surface area contributed by atoms with Crippen LogP contribution in [0, 0.1) is 11.3 Å². The Labute approximate surface area is 132 Å². The van der Waals surface area contributed by atoms with Crippen molar-refractivity contribution >= 4 is 22.3 Å². The van der Waals surface area contributed by atoms with Crippen LogP contribution in [0.3, 0.4) is 0 Å². The normalized spacial score (nSPS) is 11.9. The number of H-pyrrole nitrogens is 1. The average Bonchev–Trinajstić information content (AvgIpc) is 3.16. The molecule has 0 aliphatic carbocycles. The molecule has 116 valence electrons. The van der Waals surface area contributed by atoms with Crippen LogP contribution in [-0.2, 0) is 7.05 Å². The molecule has 3 aromatic rings. The summed E-state index contributed by atoms with van der Waals surface area (Å²) in [7, 11) is 2.02. The van der Waals surface area contributed by atoms with Gasteiger partial charge in [-0.2, -0.15) is 10.5 Å². The largest absolute Gasteiger partial charge is 0.360 e. The molecule has 0 aliphatic heterocycles. The summed E-state index contributed by atoms with van der Waals surface area (Å²) in [4.78, 5) is 4.67. The Bertz CT molecular complexity index is 896. The van der Waals surface area contributed by atoms with Gasteiger partial charge in [-0.15, -0.1) is 10.2 Å². The maximum absolute atomic E-state index is 9.15. The van der Waals surface area contributed by atoms with Crippen molar-refractivity contribution in [2.24, 2.45) is 7.05 Å². The molecule has 23 heavy (non-hydrogen) atoms. The third-order valence-electron chi connectivity index (χ3n) is 3.52. The van der Waals surface area contributed by atoms with Crippen LogP contribution in [0.5, 0.6) is 0 Å². The molecule has 8 heteroatoms. The van der Waals surface area contributed by atoms with Gasteiger partial charge in [0.25, 0.3) is 0 Å². The van der Waals surface area contributed by atoms with Gasteiger partial charge in [-0.25, -0.2) is 4.98 Å². The standard InChI is InChI=1S/C15H16N8/c1-9(2)15-18-12-6-11(4-5-13(12)23(15)3)17-8-10(7-16)14-19-21-22-20-14/h4-6,8-9,17H,1-3H3,(H,19,20,21,22). The molecular formula is C15H16N8. The third kappa shape index (κ3) is 2.76. The van der Waals surface area contributed by atoms with E-state index in [1.807, 2.05) is 31.3 Å². The second kappa shape index (κ2) is 5.88. The number of nitrogens with one attached hydrogen (secondary N) is 2. The van der Waals surface area contributed by atoms with E-state index in [-0.39, 0.29) is 5.82 Å². The zero-order chi connectivity index (χ0) is 16.4. The van der Waals surface area contributed by atoms with E-state index in [1.165, 1.54) is 0 Å². The van der Waals surface area contributed by atoms with Crippen molar-refractivity contribution in [1.29, 1.82) is 5.26 Å². The van der Waals surface area contributed by atoms with Crippen molar-refractivity contribution in [3.8, 4) is 6.07 Å². The number of hydrogen-bond donors (Lipinski definition) is 2. The zero-order valence-electron chi connectivity index (χ0n) is 13.1. The number of tetrazole rings is 1. The minimum Gasteiger partial charge on any atom is -0.360 e. The molecule has 0 saturated heterocycles. The predicted molar refractivity (Wildman–Crippen MR) is 86.2 cm³/mol. The molecule has 0 amide bonds. The van der Waals surface area contributed by atoms with Crippen LogP contribution >= 0.6 is 0 Å². The van der Waals surface area contributed by atoms with Gasteiger partial charge >= 0.3 is 0 Å². The molecule has 0 unspecified atom stereocenters. The lowest BCUT2D eigenvalue weighted by Gasteiger charge is -2.04. The number of aryl methyl sites for hydroxylation is 1. The zero-order valence-corrected chi connectivity index (χ0v) is 13.1. The van der Waals surface area contributed by atoms with Crippen LogP contribution in [0.15, 0.2) is 24.4 Å². The van der Waals surface area contributed by atoms with E-state index >= 15 is 0 Å². The fourth-order valence-electron chi connectivity index (χ4n) is 2.40. The fourth-order valence-corrected chi connectivity index (χ4v) is 2.40. The van der Waals surface area contributed by atoms with Gasteiger partial charge in [0, 0.05) is 24.9 Å². The Morgan fingerprint density at radius 1 is 1.43 bits per heavy atom. The van der Waals surface area contributed by atoms with E-state index in [1.54, 1.807) is 6.20 Å². The highest BCUT2D eigenvalue weighted by atomic mass is 15.5. The predicted octanol–water partition coefficient (Wildman–Crippen LogP) is 2.19. The number of nitriles is 1. The van der Waals surface area contributed by atoms with E-state index in [0.29, 0.717) is 11.5 Å². The van der Waals surface area contributed by atoms with Crippen LogP contribution in [0.25, 0.3) is 16.6 Å². The summed E-state index contributed by atoms with van der Waals surface area (Å²) in [5.74, 6) is 1.64. The Morgan fingerprint density at radius 3 is 2.91 bits per heavy atom. The molecular weight excluding hydrogens is 292 g/mol. The highest BCUT2D eigenvalue weighted by Gasteiger charge is 2.11.